The van der Waals surface area contributed by atoms with Crippen molar-refractivity contribution in [3.05, 3.63) is 17.8 Å². The third-order valence-electron chi connectivity index (χ3n) is 3.42. The van der Waals surface area contributed by atoms with Crippen molar-refractivity contribution in [2.75, 3.05) is 31.1 Å². The molecule has 1 aromatic rings. The average Bonchev–Trinajstić information content (AvgIpc) is 2.37. The van der Waals surface area contributed by atoms with Gasteiger partial charge in [-0.3, -0.25) is 0 Å². The predicted molar refractivity (Wildman–Crippen MR) is 70.2 cm³/mol. The van der Waals surface area contributed by atoms with Crippen LogP contribution in [-0.2, 0) is 0 Å². The van der Waals surface area contributed by atoms with Crippen LogP contribution >= 0.6 is 0 Å². The van der Waals surface area contributed by atoms with E-state index >= 15 is 0 Å². The smallest absolute Gasteiger partial charge is 0.151 e. The SMILES string of the molecule is CCN(CC1CCNCC1)c1cc(C)cnn1. The van der Waals surface area contributed by atoms with Gasteiger partial charge in [-0.1, -0.05) is 0 Å². The van der Waals surface area contributed by atoms with E-state index in [2.05, 4.69) is 40.3 Å². The van der Waals surface area contributed by atoms with Crippen molar-refractivity contribution < 1.29 is 0 Å². The van der Waals surface area contributed by atoms with Gasteiger partial charge in [-0.15, -0.1) is 5.10 Å². The minimum Gasteiger partial charge on any atom is -0.355 e. The van der Waals surface area contributed by atoms with Gasteiger partial charge >= 0.3 is 0 Å². The lowest BCUT2D eigenvalue weighted by Crippen LogP contribution is -2.36. The standard InChI is InChI=1S/C13H22N4/c1-3-17(10-12-4-6-14-7-5-12)13-8-11(2)9-15-16-13/h8-9,12,14H,3-7,10H2,1-2H3. The van der Waals surface area contributed by atoms with Crippen LogP contribution < -0.4 is 10.2 Å². The number of aromatic nitrogens is 2. The molecule has 0 bridgehead atoms. The summed E-state index contributed by atoms with van der Waals surface area (Å²) >= 11 is 0. The first-order valence-electron chi connectivity index (χ1n) is 6.54. The van der Waals surface area contributed by atoms with Crippen LogP contribution in [0, 0.1) is 12.8 Å². The van der Waals surface area contributed by atoms with Gasteiger partial charge in [-0.2, -0.15) is 5.10 Å². The second-order valence-electron chi connectivity index (χ2n) is 4.82. The number of nitrogens with one attached hydrogen (secondary N) is 1. The fraction of sp³-hybridized carbons (Fsp3) is 0.692. The van der Waals surface area contributed by atoms with Crippen LogP contribution in [0.1, 0.15) is 25.3 Å². The molecule has 1 N–H and O–H groups in total. The molecule has 1 aromatic heterocycles. The molecule has 1 saturated heterocycles. The van der Waals surface area contributed by atoms with E-state index in [1.807, 2.05) is 6.20 Å². The topological polar surface area (TPSA) is 41.0 Å². The maximum atomic E-state index is 4.24. The van der Waals surface area contributed by atoms with E-state index in [1.54, 1.807) is 0 Å². The molecule has 0 aromatic carbocycles. The maximum Gasteiger partial charge on any atom is 0.151 e. The molecule has 0 atom stereocenters. The molecule has 0 amide bonds. The summed E-state index contributed by atoms with van der Waals surface area (Å²) in [5, 5.41) is 11.7. The van der Waals surface area contributed by atoms with Gasteiger partial charge in [0.15, 0.2) is 5.82 Å². The van der Waals surface area contributed by atoms with Gasteiger partial charge in [0.1, 0.15) is 0 Å². The van der Waals surface area contributed by atoms with Crippen molar-refractivity contribution in [1.29, 1.82) is 0 Å². The zero-order valence-electron chi connectivity index (χ0n) is 10.8. The number of hydrogen-bond acceptors (Lipinski definition) is 4. The molecule has 0 aliphatic carbocycles. The fourth-order valence-electron chi connectivity index (χ4n) is 2.36. The molecule has 94 valence electrons. The molecule has 1 aliphatic rings. The summed E-state index contributed by atoms with van der Waals surface area (Å²) in [5.74, 6) is 1.81. The molecule has 0 radical (unpaired) electrons. The summed E-state index contributed by atoms with van der Waals surface area (Å²) in [6.07, 6.45) is 4.35. The van der Waals surface area contributed by atoms with E-state index in [4.69, 9.17) is 0 Å². The van der Waals surface area contributed by atoms with E-state index in [-0.39, 0.29) is 0 Å². The zero-order chi connectivity index (χ0) is 12.1. The molecule has 2 heterocycles. The highest BCUT2D eigenvalue weighted by atomic mass is 15.3. The summed E-state index contributed by atoms with van der Waals surface area (Å²) < 4.78 is 0. The fourth-order valence-corrected chi connectivity index (χ4v) is 2.36. The number of piperidine rings is 1. The van der Waals surface area contributed by atoms with Gasteiger partial charge in [0.05, 0.1) is 6.20 Å². The van der Waals surface area contributed by atoms with Crippen LogP contribution in [0.15, 0.2) is 12.3 Å². The van der Waals surface area contributed by atoms with Gasteiger partial charge in [0.25, 0.3) is 0 Å². The molecule has 1 aliphatic heterocycles. The Balaban J connectivity index is 2.00. The second kappa shape index (κ2) is 5.96. The second-order valence-corrected chi connectivity index (χ2v) is 4.82. The van der Waals surface area contributed by atoms with Gasteiger partial charge in [-0.25, -0.2) is 0 Å². The Hall–Kier alpha value is -1.16. The molecule has 2 rings (SSSR count). The Morgan fingerprint density at radius 1 is 1.41 bits per heavy atom. The zero-order valence-corrected chi connectivity index (χ0v) is 10.8. The summed E-state index contributed by atoms with van der Waals surface area (Å²) in [6.45, 7) is 8.67. The predicted octanol–water partition coefficient (Wildman–Crippen LogP) is 1.61. The molecule has 4 nitrogen and oxygen atoms in total. The minimum absolute atomic E-state index is 0.790. The van der Waals surface area contributed by atoms with Crippen LogP contribution in [0.25, 0.3) is 0 Å². The molecular weight excluding hydrogens is 212 g/mol. The molecule has 0 unspecified atom stereocenters. The lowest BCUT2D eigenvalue weighted by atomic mass is 9.97. The van der Waals surface area contributed by atoms with Crippen molar-refractivity contribution in [3.63, 3.8) is 0 Å². The van der Waals surface area contributed by atoms with Crippen LogP contribution in [-0.4, -0.2) is 36.4 Å². The third-order valence-corrected chi connectivity index (χ3v) is 3.42. The normalized spacial score (nSPS) is 17.1. The van der Waals surface area contributed by atoms with E-state index in [9.17, 15) is 0 Å². The lowest BCUT2D eigenvalue weighted by Gasteiger charge is -2.29. The number of hydrogen-bond donors (Lipinski definition) is 1. The van der Waals surface area contributed by atoms with Gasteiger partial charge in [0.2, 0.25) is 0 Å². The van der Waals surface area contributed by atoms with Gasteiger partial charge < -0.3 is 10.2 Å². The monoisotopic (exact) mass is 234 g/mol. The Morgan fingerprint density at radius 2 is 2.18 bits per heavy atom. The molecule has 0 spiro atoms. The van der Waals surface area contributed by atoms with Crippen molar-refractivity contribution in [2.45, 2.75) is 26.7 Å². The Bertz CT molecular complexity index is 347. The summed E-state index contributed by atoms with van der Waals surface area (Å²) in [4.78, 5) is 2.34. The van der Waals surface area contributed by atoms with Crippen LogP contribution in [0.4, 0.5) is 5.82 Å². The van der Waals surface area contributed by atoms with Crippen molar-refractivity contribution in [1.82, 2.24) is 15.5 Å². The first-order chi connectivity index (χ1) is 8.29. The van der Waals surface area contributed by atoms with Crippen molar-refractivity contribution in [2.24, 2.45) is 5.92 Å². The minimum atomic E-state index is 0.790. The van der Waals surface area contributed by atoms with E-state index in [1.165, 1.54) is 18.4 Å². The highest BCUT2D eigenvalue weighted by molar-refractivity contribution is 5.38. The van der Waals surface area contributed by atoms with Gasteiger partial charge in [0, 0.05) is 13.1 Å². The number of anilines is 1. The van der Waals surface area contributed by atoms with Crippen LogP contribution in [0.3, 0.4) is 0 Å². The number of aryl methyl sites for hydroxylation is 1. The van der Waals surface area contributed by atoms with E-state index in [0.717, 1.165) is 37.9 Å². The Kier molecular flexibility index (Phi) is 4.31. The Morgan fingerprint density at radius 3 is 2.82 bits per heavy atom. The first kappa shape index (κ1) is 12.3. The maximum absolute atomic E-state index is 4.24. The molecule has 4 heteroatoms. The van der Waals surface area contributed by atoms with Crippen molar-refractivity contribution in [3.8, 4) is 0 Å². The molecule has 1 fully saturated rings. The van der Waals surface area contributed by atoms with Gasteiger partial charge in [-0.05, 0) is 57.3 Å². The third kappa shape index (κ3) is 3.40. The summed E-state index contributed by atoms with van der Waals surface area (Å²) in [5.41, 5.74) is 1.18. The van der Waals surface area contributed by atoms with Crippen LogP contribution in [0.2, 0.25) is 0 Å². The molecular formula is C13H22N4. The molecule has 0 saturated carbocycles. The Labute approximate surface area is 103 Å². The highest BCUT2D eigenvalue weighted by Gasteiger charge is 2.17. The van der Waals surface area contributed by atoms with Crippen LogP contribution in [0.5, 0.6) is 0 Å². The highest BCUT2D eigenvalue weighted by Crippen LogP contribution is 2.17. The number of rotatable bonds is 4. The summed E-state index contributed by atoms with van der Waals surface area (Å²) in [7, 11) is 0. The summed E-state index contributed by atoms with van der Waals surface area (Å²) in [6, 6.07) is 2.12. The number of nitrogens with zero attached hydrogens (tertiary/aromatic N) is 3. The largest absolute Gasteiger partial charge is 0.355 e. The van der Waals surface area contributed by atoms with Crippen molar-refractivity contribution >= 4 is 5.82 Å². The average molecular weight is 234 g/mol. The lowest BCUT2D eigenvalue weighted by molar-refractivity contribution is 0.374. The molecule has 17 heavy (non-hydrogen) atoms. The first-order valence-corrected chi connectivity index (χ1v) is 6.54. The van der Waals surface area contributed by atoms with E-state index in [0.29, 0.717) is 0 Å². The quantitative estimate of drug-likeness (QED) is 0.859. The van der Waals surface area contributed by atoms with E-state index < -0.39 is 0 Å².